The smallest absolute Gasteiger partial charge is 0.254 e. The zero-order valence-electron chi connectivity index (χ0n) is 11.7. The Bertz CT molecular complexity index is 672. The first kappa shape index (κ1) is 15.1. The van der Waals surface area contributed by atoms with Crippen molar-refractivity contribution in [3.8, 4) is 0 Å². The normalized spacial score (nSPS) is 15.0. The molecule has 0 bridgehead atoms. The third kappa shape index (κ3) is 3.15. The summed E-state index contributed by atoms with van der Waals surface area (Å²) in [5.74, 6) is 0.807. The van der Waals surface area contributed by atoms with Crippen LogP contribution in [0.1, 0.15) is 10.4 Å². The number of nitrogens with zero attached hydrogens (tertiary/aromatic N) is 4. The molecule has 114 valence electrons. The van der Waals surface area contributed by atoms with E-state index in [-0.39, 0.29) is 5.91 Å². The number of anilines is 1. The molecule has 1 fully saturated rings. The van der Waals surface area contributed by atoms with E-state index < -0.39 is 0 Å². The molecule has 1 amide bonds. The molecule has 22 heavy (non-hydrogen) atoms. The van der Waals surface area contributed by atoms with Gasteiger partial charge in [0.05, 0.1) is 16.2 Å². The Morgan fingerprint density at radius 2 is 1.82 bits per heavy atom. The fraction of sp³-hybridized carbons (Fsp3) is 0.267. The van der Waals surface area contributed by atoms with Gasteiger partial charge in [-0.3, -0.25) is 9.78 Å². The van der Waals surface area contributed by atoms with Gasteiger partial charge in [0, 0.05) is 44.1 Å². The molecule has 0 aliphatic carbocycles. The van der Waals surface area contributed by atoms with Crippen LogP contribution in [-0.2, 0) is 0 Å². The van der Waals surface area contributed by atoms with Crippen LogP contribution in [0.2, 0.25) is 10.0 Å². The summed E-state index contributed by atoms with van der Waals surface area (Å²) in [6.07, 6.45) is 5.05. The summed E-state index contributed by atoms with van der Waals surface area (Å²) in [6, 6.07) is 4.96. The number of carbonyl (C=O) groups excluding carboxylic acids is 1. The van der Waals surface area contributed by atoms with Crippen LogP contribution in [0.15, 0.2) is 36.8 Å². The fourth-order valence-corrected chi connectivity index (χ4v) is 2.70. The van der Waals surface area contributed by atoms with Crippen LogP contribution < -0.4 is 4.90 Å². The number of carbonyl (C=O) groups is 1. The Labute approximate surface area is 138 Å². The quantitative estimate of drug-likeness (QED) is 0.846. The van der Waals surface area contributed by atoms with E-state index in [1.165, 1.54) is 0 Å². The summed E-state index contributed by atoms with van der Waals surface area (Å²) in [5.41, 5.74) is 0.558. The molecule has 1 saturated heterocycles. The molecule has 0 atom stereocenters. The summed E-state index contributed by atoms with van der Waals surface area (Å²) >= 11 is 11.9. The first-order valence-electron chi connectivity index (χ1n) is 6.90. The van der Waals surface area contributed by atoms with Gasteiger partial charge in [0.25, 0.3) is 5.91 Å². The molecule has 7 heteroatoms. The van der Waals surface area contributed by atoms with Crippen molar-refractivity contribution in [2.24, 2.45) is 0 Å². The lowest BCUT2D eigenvalue weighted by atomic mass is 10.2. The van der Waals surface area contributed by atoms with Crippen LogP contribution in [-0.4, -0.2) is 47.0 Å². The summed E-state index contributed by atoms with van der Waals surface area (Å²) in [6.45, 7) is 2.73. The molecule has 2 heterocycles. The molecule has 1 aliphatic rings. The summed E-state index contributed by atoms with van der Waals surface area (Å²) in [5, 5.41) is 0.844. The molecule has 0 N–H and O–H groups in total. The van der Waals surface area contributed by atoms with E-state index in [2.05, 4.69) is 14.9 Å². The molecule has 0 radical (unpaired) electrons. The predicted octanol–water partition coefficient (Wildman–Crippen LogP) is 2.75. The lowest BCUT2D eigenvalue weighted by molar-refractivity contribution is 0.0746. The van der Waals surface area contributed by atoms with E-state index in [0.29, 0.717) is 28.7 Å². The fourth-order valence-electron chi connectivity index (χ4n) is 2.40. The maximum absolute atomic E-state index is 12.5. The Kier molecular flexibility index (Phi) is 4.45. The first-order chi connectivity index (χ1) is 10.6. The summed E-state index contributed by atoms with van der Waals surface area (Å²) in [7, 11) is 0. The second-order valence-electron chi connectivity index (χ2n) is 4.97. The van der Waals surface area contributed by atoms with Crippen molar-refractivity contribution in [1.29, 1.82) is 0 Å². The molecule has 0 spiro atoms. The third-order valence-corrected chi connectivity index (χ3v) is 4.35. The lowest BCUT2D eigenvalue weighted by Gasteiger charge is -2.35. The van der Waals surface area contributed by atoms with Crippen LogP contribution in [0.3, 0.4) is 0 Å². The molecule has 3 rings (SSSR count). The maximum Gasteiger partial charge on any atom is 0.254 e. The first-order valence-corrected chi connectivity index (χ1v) is 7.66. The highest BCUT2D eigenvalue weighted by molar-refractivity contribution is 6.42. The molecule has 5 nitrogen and oxygen atoms in total. The highest BCUT2D eigenvalue weighted by Gasteiger charge is 2.23. The van der Waals surface area contributed by atoms with Gasteiger partial charge in [-0.2, -0.15) is 0 Å². The van der Waals surface area contributed by atoms with E-state index in [4.69, 9.17) is 23.2 Å². The Hall–Kier alpha value is -1.85. The van der Waals surface area contributed by atoms with Gasteiger partial charge in [-0.05, 0) is 18.2 Å². The van der Waals surface area contributed by atoms with E-state index >= 15 is 0 Å². The van der Waals surface area contributed by atoms with Crippen LogP contribution in [0.25, 0.3) is 0 Å². The number of rotatable bonds is 2. The van der Waals surface area contributed by atoms with E-state index in [1.807, 2.05) is 4.90 Å². The SMILES string of the molecule is O=C(c1ccc(Cl)c(Cl)c1)N1CCN(c2cnccn2)CC1. The van der Waals surface area contributed by atoms with Crippen molar-refractivity contribution >= 4 is 34.9 Å². The standard InChI is InChI=1S/C15H14Cl2N4O/c16-12-2-1-11(9-13(12)17)15(22)21-7-5-20(6-8-21)14-10-18-3-4-19-14/h1-4,9-10H,5-8H2. The van der Waals surface area contributed by atoms with Crippen molar-refractivity contribution in [3.05, 3.63) is 52.4 Å². The van der Waals surface area contributed by atoms with Gasteiger partial charge in [-0.15, -0.1) is 0 Å². The van der Waals surface area contributed by atoms with Gasteiger partial charge >= 0.3 is 0 Å². The Morgan fingerprint density at radius 3 is 2.45 bits per heavy atom. The second kappa shape index (κ2) is 6.50. The Balaban J connectivity index is 1.66. The number of halogens is 2. The van der Waals surface area contributed by atoms with Crippen molar-refractivity contribution < 1.29 is 4.79 Å². The molecule has 0 unspecified atom stereocenters. The van der Waals surface area contributed by atoms with Gasteiger partial charge in [0.15, 0.2) is 0 Å². The molecule has 2 aromatic rings. The molecule has 1 aromatic heterocycles. The number of piperazine rings is 1. The van der Waals surface area contributed by atoms with Gasteiger partial charge in [-0.25, -0.2) is 4.98 Å². The largest absolute Gasteiger partial charge is 0.352 e. The minimum Gasteiger partial charge on any atom is -0.352 e. The zero-order chi connectivity index (χ0) is 15.5. The predicted molar refractivity (Wildman–Crippen MR) is 86.6 cm³/mol. The van der Waals surface area contributed by atoms with Crippen molar-refractivity contribution in [2.75, 3.05) is 31.1 Å². The van der Waals surface area contributed by atoms with E-state index in [1.54, 1.807) is 36.8 Å². The molecule has 1 aromatic carbocycles. The number of amides is 1. The average Bonchev–Trinajstić information content (AvgIpc) is 2.58. The van der Waals surface area contributed by atoms with Crippen LogP contribution in [0.5, 0.6) is 0 Å². The number of hydrogen-bond acceptors (Lipinski definition) is 4. The van der Waals surface area contributed by atoms with E-state index in [9.17, 15) is 4.79 Å². The topological polar surface area (TPSA) is 49.3 Å². The average molecular weight is 337 g/mol. The van der Waals surface area contributed by atoms with E-state index in [0.717, 1.165) is 18.9 Å². The molecular weight excluding hydrogens is 323 g/mol. The minimum atomic E-state index is -0.0302. The number of hydrogen-bond donors (Lipinski definition) is 0. The minimum absolute atomic E-state index is 0.0302. The van der Waals surface area contributed by atoms with Gasteiger partial charge in [0.2, 0.25) is 0 Å². The molecular formula is C15H14Cl2N4O. The van der Waals surface area contributed by atoms with Crippen LogP contribution in [0, 0.1) is 0 Å². The van der Waals surface area contributed by atoms with Gasteiger partial charge in [-0.1, -0.05) is 23.2 Å². The number of aromatic nitrogens is 2. The lowest BCUT2D eigenvalue weighted by Crippen LogP contribution is -2.49. The van der Waals surface area contributed by atoms with Gasteiger partial charge < -0.3 is 9.80 Å². The summed E-state index contributed by atoms with van der Waals surface area (Å²) < 4.78 is 0. The maximum atomic E-state index is 12.5. The van der Waals surface area contributed by atoms with Crippen molar-refractivity contribution in [1.82, 2.24) is 14.9 Å². The monoisotopic (exact) mass is 336 g/mol. The summed E-state index contributed by atoms with van der Waals surface area (Å²) in [4.78, 5) is 24.8. The second-order valence-corrected chi connectivity index (χ2v) is 5.79. The van der Waals surface area contributed by atoms with Crippen LogP contribution >= 0.6 is 23.2 Å². The molecule has 1 aliphatic heterocycles. The number of benzene rings is 1. The third-order valence-electron chi connectivity index (χ3n) is 3.61. The highest BCUT2D eigenvalue weighted by Crippen LogP contribution is 2.23. The van der Waals surface area contributed by atoms with Crippen molar-refractivity contribution in [2.45, 2.75) is 0 Å². The van der Waals surface area contributed by atoms with Crippen molar-refractivity contribution in [3.63, 3.8) is 0 Å². The Morgan fingerprint density at radius 1 is 1.05 bits per heavy atom. The van der Waals surface area contributed by atoms with Crippen LogP contribution in [0.4, 0.5) is 5.82 Å². The highest BCUT2D eigenvalue weighted by atomic mass is 35.5. The zero-order valence-corrected chi connectivity index (χ0v) is 13.3. The van der Waals surface area contributed by atoms with Gasteiger partial charge in [0.1, 0.15) is 5.82 Å². The molecule has 0 saturated carbocycles.